The molecular formula is C17H30N2O2. The minimum absolute atomic E-state index is 0.0371. The minimum atomic E-state index is -0.0371. The fraction of sp³-hybridized carbons (Fsp3) is 0.706. The third kappa shape index (κ3) is 4.68. The van der Waals surface area contributed by atoms with Crippen molar-refractivity contribution in [2.45, 2.75) is 59.0 Å². The summed E-state index contributed by atoms with van der Waals surface area (Å²) in [6.45, 7) is 12.7. The molecule has 0 aromatic carbocycles. The van der Waals surface area contributed by atoms with Gasteiger partial charge in [0.05, 0.1) is 6.61 Å². The topological polar surface area (TPSA) is 43.3 Å². The maximum absolute atomic E-state index is 12.8. The molecule has 0 spiro atoms. The molecule has 0 saturated carbocycles. The lowest BCUT2D eigenvalue weighted by Crippen LogP contribution is -2.35. The van der Waals surface area contributed by atoms with Crippen molar-refractivity contribution in [2.75, 3.05) is 20.3 Å². The lowest BCUT2D eigenvalue weighted by atomic mass is 9.90. The Kier molecular flexibility index (Phi) is 6.62. The van der Waals surface area contributed by atoms with E-state index >= 15 is 0 Å². The number of ether oxygens (including phenoxy) is 1. The summed E-state index contributed by atoms with van der Waals surface area (Å²) in [5, 5.41) is 3.25. The summed E-state index contributed by atoms with van der Waals surface area (Å²) < 4.78 is 6.97. The molecule has 1 N–H and O–H groups in total. The molecule has 0 saturated heterocycles. The van der Waals surface area contributed by atoms with Crippen LogP contribution in [-0.2, 0) is 16.7 Å². The van der Waals surface area contributed by atoms with E-state index in [9.17, 15) is 4.79 Å². The van der Waals surface area contributed by atoms with Gasteiger partial charge in [-0.25, -0.2) is 0 Å². The molecule has 0 radical (unpaired) electrons. The first kappa shape index (κ1) is 17.9. The highest BCUT2D eigenvalue weighted by Gasteiger charge is 2.22. The van der Waals surface area contributed by atoms with Crippen molar-refractivity contribution in [1.29, 1.82) is 0 Å². The minimum Gasteiger partial charge on any atom is -0.383 e. The predicted octanol–water partition coefficient (Wildman–Crippen LogP) is 2.85. The van der Waals surface area contributed by atoms with Crippen LogP contribution in [0.2, 0.25) is 0 Å². The number of methoxy groups -OCH3 is 1. The lowest BCUT2D eigenvalue weighted by Gasteiger charge is -2.28. The van der Waals surface area contributed by atoms with Crippen molar-refractivity contribution in [1.82, 2.24) is 9.88 Å². The molecule has 4 nitrogen and oxygen atoms in total. The third-order valence-electron chi connectivity index (χ3n) is 3.79. The summed E-state index contributed by atoms with van der Waals surface area (Å²) >= 11 is 0. The average molecular weight is 294 g/mol. The lowest BCUT2D eigenvalue weighted by molar-refractivity contribution is 0.199. The zero-order valence-electron chi connectivity index (χ0n) is 14.3. The first-order valence-corrected chi connectivity index (χ1v) is 7.77. The van der Waals surface area contributed by atoms with E-state index in [1.54, 1.807) is 7.11 Å². The second kappa shape index (κ2) is 7.76. The Morgan fingerprint density at radius 3 is 2.52 bits per heavy atom. The van der Waals surface area contributed by atoms with Crippen molar-refractivity contribution >= 4 is 0 Å². The largest absolute Gasteiger partial charge is 0.383 e. The van der Waals surface area contributed by atoms with E-state index in [0.717, 1.165) is 24.2 Å². The number of nitrogens with zero attached hydrogens (tertiary/aromatic N) is 1. The monoisotopic (exact) mass is 294 g/mol. The molecule has 21 heavy (non-hydrogen) atoms. The van der Waals surface area contributed by atoms with E-state index in [4.69, 9.17) is 4.74 Å². The molecule has 1 rings (SSSR count). The summed E-state index contributed by atoms with van der Waals surface area (Å²) in [5.41, 5.74) is 2.01. The fourth-order valence-corrected chi connectivity index (χ4v) is 2.36. The molecule has 0 aliphatic carbocycles. The van der Waals surface area contributed by atoms with Crippen LogP contribution in [0.1, 0.15) is 58.3 Å². The normalized spacial score (nSPS) is 13.4. The molecule has 1 aromatic rings. The van der Waals surface area contributed by atoms with Crippen LogP contribution >= 0.6 is 0 Å². The molecular weight excluding hydrogens is 264 g/mol. The predicted molar refractivity (Wildman–Crippen MR) is 88.0 cm³/mol. The van der Waals surface area contributed by atoms with Gasteiger partial charge in [0, 0.05) is 42.9 Å². The van der Waals surface area contributed by atoms with Gasteiger partial charge in [-0.1, -0.05) is 33.8 Å². The van der Waals surface area contributed by atoms with Crippen LogP contribution in [0.5, 0.6) is 0 Å². The highest BCUT2D eigenvalue weighted by molar-refractivity contribution is 5.22. The van der Waals surface area contributed by atoms with Gasteiger partial charge in [0.2, 0.25) is 0 Å². The van der Waals surface area contributed by atoms with Gasteiger partial charge in [0.15, 0.2) is 0 Å². The highest BCUT2D eigenvalue weighted by atomic mass is 16.5. The summed E-state index contributed by atoms with van der Waals surface area (Å²) in [5.74, 6) is 0. The number of hydrogen-bond acceptors (Lipinski definition) is 3. The van der Waals surface area contributed by atoms with E-state index < -0.39 is 0 Å². The molecule has 0 fully saturated rings. The third-order valence-corrected chi connectivity index (χ3v) is 3.79. The molecule has 1 unspecified atom stereocenters. The van der Waals surface area contributed by atoms with Crippen LogP contribution in [-0.4, -0.2) is 24.8 Å². The number of hydrogen-bond donors (Lipinski definition) is 1. The molecule has 4 heteroatoms. The fourth-order valence-electron chi connectivity index (χ4n) is 2.36. The maximum atomic E-state index is 12.8. The van der Waals surface area contributed by atoms with Gasteiger partial charge in [-0.05, 0) is 19.4 Å². The summed E-state index contributed by atoms with van der Waals surface area (Å²) in [4.78, 5) is 12.8. The Hall–Kier alpha value is -1.13. The molecule has 1 heterocycles. The van der Waals surface area contributed by atoms with E-state index in [-0.39, 0.29) is 17.0 Å². The molecule has 0 bridgehead atoms. The van der Waals surface area contributed by atoms with Crippen LogP contribution in [0.3, 0.4) is 0 Å². The Balaban J connectivity index is 3.13. The van der Waals surface area contributed by atoms with E-state index in [1.807, 2.05) is 10.6 Å². The number of nitrogens with one attached hydrogen (secondary N) is 1. The van der Waals surface area contributed by atoms with Crippen LogP contribution < -0.4 is 10.9 Å². The van der Waals surface area contributed by atoms with E-state index in [0.29, 0.717) is 13.2 Å². The molecule has 120 valence electrons. The molecule has 0 amide bonds. The smallest absolute Gasteiger partial charge is 0.255 e. The summed E-state index contributed by atoms with van der Waals surface area (Å²) in [6, 6.07) is 4.27. The first-order valence-electron chi connectivity index (χ1n) is 7.77. The Morgan fingerprint density at radius 1 is 1.33 bits per heavy atom. The van der Waals surface area contributed by atoms with Crippen molar-refractivity contribution in [3.05, 3.63) is 33.7 Å². The number of aromatic nitrogens is 1. The zero-order valence-corrected chi connectivity index (χ0v) is 14.3. The van der Waals surface area contributed by atoms with Gasteiger partial charge in [0.25, 0.3) is 5.56 Å². The maximum Gasteiger partial charge on any atom is 0.255 e. The van der Waals surface area contributed by atoms with Gasteiger partial charge < -0.3 is 14.6 Å². The summed E-state index contributed by atoms with van der Waals surface area (Å²) in [6.07, 6.45) is 0.948. The second-order valence-corrected chi connectivity index (χ2v) is 6.60. The molecule has 1 atom stereocenters. The highest BCUT2D eigenvalue weighted by Crippen LogP contribution is 2.24. The molecule has 0 aliphatic heterocycles. The van der Waals surface area contributed by atoms with Gasteiger partial charge in [-0.15, -0.1) is 0 Å². The first-order chi connectivity index (χ1) is 9.82. The average Bonchev–Trinajstić information content (AvgIpc) is 2.42. The Morgan fingerprint density at radius 2 is 2.00 bits per heavy atom. The second-order valence-electron chi connectivity index (χ2n) is 6.60. The summed E-state index contributed by atoms with van der Waals surface area (Å²) in [7, 11) is 1.68. The van der Waals surface area contributed by atoms with Crippen molar-refractivity contribution in [3.63, 3.8) is 0 Å². The molecule has 1 aromatic heterocycles. The standard InChI is InChI=1S/C17H30N2O2/c1-7-13(2)19-15(17(3,4)5)9-8-14(16(19)20)12-18-10-11-21-6/h8-9,13,18H,7,10-12H2,1-6H3. The Bertz CT molecular complexity index is 500. The quantitative estimate of drug-likeness (QED) is 0.786. The van der Waals surface area contributed by atoms with Gasteiger partial charge >= 0.3 is 0 Å². The van der Waals surface area contributed by atoms with E-state index in [2.05, 4.69) is 46.0 Å². The van der Waals surface area contributed by atoms with Crippen LogP contribution in [0.15, 0.2) is 16.9 Å². The van der Waals surface area contributed by atoms with Crippen LogP contribution in [0.25, 0.3) is 0 Å². The van der Waals surface area contributed by atoms with Crippen molar-refractivity contribution < 1.29 is 4.74 Å². The van der Waals surface area contributed by atoms with Gasteiger partial charge in [-0.2, -0.15) is 0 Å². The van der Waals surface area contributed by atoms with Gasteiger partial charge in [-0.3, -0.25) is 4.79 Å². The Labute approximate surface area is 128 Å². The van der Waals surface area contributed by atoms with Crippen LogP contribution in [0, 0.1) is 0 Å². The SMILES string of the molecule is CCC(C)n1c(C(C)(C)C)ccc(CNCCOC)c1=O. The zero-order chi connectivity index (χ0) is 16.0. The van der Waals surface area contributed by atoms with Gasteiger partial charge in [0.1, 0.15) is 0 Å². The number of pyridine rings is 1. The van der Waals surface area contributed by atoms with Crippen LogP contribution in [0.4, 0.5) is 0 Å². The van der Waals surface area contributed by atoms with Crippen molar-refractivity contribution in [3.8, 4) is 0 Å². The molecule has 0 aliphatic rings. The van der Waals surface area contributed by atoms with E-state index in [1.165, 1.54) is 0 Å². The van der Waals surface area contributed by atoms with Crippen molar-refractivity contribution in [2.24, 2.45) is 0 Å². The number of rotatable bonds is 7.